The molecule has 0 N–H and O–H groups in total. The third-order valence-corrected chi connectivity index (χ3v) is 4.63. The van der Waals surface area contributed by atoms with Gasteiger partial charge in [-0.15, -0.1) is 0 Å². The van der Waals surface area contributed by atoms with E-state index in [1.807, 2.05) is 6.07 Å². The zero-order chi connectivity index (χ0) is 12.0. The largest absolute Gasteiger partial charge is 0.491 e. The predicted molar refractivity (Wildman–Crippen MR) is 74.2 cm³/mol. The fraction of sp³-hybridized carbons (Fsp3) is 0.583. The first-order chi connectivity index (χ1) is 7.65. The Morgan fingerprint density at radius 3 is 2.50 bits per heavy atom. The van der Waals surface area contributed by atoms with Crippen molar-refractivity contribution in [3.8, 4) is 5.75 Å². The van der Waals surface area contributed by atoms with E-state index < -0.39 is 0 Å². The van der Waals surface area contributed by atoms with E-state index >= 15 is 0 Å². The third-order valence-electron chi connectivity index (χ3n) is 3.01. The molecule has 1 rings (SSSR count). The highest BCUT2D eigenvalue weighted by Crippen LogP contribution is 2.30. The smallest absolute Gasteiger partial charge is 0.138 e. The molecule has 0 saturated heterocycles. The minimum atomic E-state index is 0.225. The molecule has 0 spiro atoms. The molecular formula is C12H17Br2NO. The lowest BCUT2D eigenvalue weighted by Crippen LogP contribution is -2.29. The van der Waals surface area contributed by atoms with Crippen molar-refractivity contribution in [3.63, 3.8) is 0 Å². The summed E-state index contributed by atoms with van der Waals surface area (Å²) in [5, 5.41) is 0.967. The number of aromatic nitrogens is 1. The molecule has 2 nitrogen and oxygen atoms in total. The molecule has 0 unspecified atom stereocenters. The van der Waals surface area contributed by atoms with E-state index in [1.54, 1.807) is 12.4 Å². The van der Waals surface area contributed by atoms with Crippen molar-refractivity contribution >= 4 is 31.9 Å². The zero-order valence-corrected chi connectivity index (χ0v) is 12.8. The molecule has 0 fully saturated rings. The Kier molecular flexibility index (Phi) is 5.76. The first kappa shape index (κ1) is 14.0. The second-order valence-corrected chi connectivity index (χ2v) is 5.44. The molecule has 4 heteroatoms. The Balaban J connectivity index is 2.62. The second kappa shape index (κ2) is 6.60. The monoisotopic (exact) mass is 349 g/mol. The van der Waals surface area contributed by atoms with Gasteiger partial charge in [0.05, 0.1) is 12.8 Å². The van der Waals surface area contributed by atoms with Crippen LogP contribution in [0.5, 0.6) is 5.75 Å². The van der Waals surface area contributed by atoms with E-state index in [0.29, 0.717) is 0 Å². The minimum Gasteiger partial charge on any atom is -0.491 e. The minimum absolute atomic E-state index is 0.225. The summed E-state index contributed by atoms with van der Waals surface area (Å²) >= 11 is 6.96. The summed E-state index contributed by atoms with van der Waals surface area (Å²) in [6.07, 6.45) is 5.71. The van der Waals surface area contributed by atoms with Crippen LogP contribution in [0.15, 0.2) is 22.9 Å². The molecule has 1 aromatic heterocycles. The van der Waals surface area contributed by atoms with Gasteiger partial charge in [-0.2, -0.15) is 0 Å². The van der Waals surface area contributed by atoms with Crippen LogP contribution >= 0.6 is 31.9 Å². The topological polar surface area (TPSA) is 22.1 Å². The van der Waals surface area contributed by atoms with Crippen molar-refractivity contribution in [1.29, 1.82) is 0 Å². The summed E-state index contributed by atoms with van der Waals surface area (Å²) in [6, 6.07) is 1.94. The average Bonchev–Trinajstić information content (AvgIpc) is 2.32. The highest BCUT2D eigenvalue weighted by molar-refractivity contribution is 9.10. The first-order valence-electron chi connectivity index (χ1n) is 5.45. The first-order valence-corrected chi connectivity index (χ1v) is 7.36. The SMILES string of the molecule is CCC(CC)(CBr)COc1cncc(Br)c1. The molecule has 90 valence electrons. The fourth-order valence-electron chi connectivity index (χ4n) is 1.39. The van der Waals surface area contributed by atoms with Gasteiger partial charge in [-0.25, -0.2) is 0 Å². The summed E-state index contributed by atoms with van der Waals surface area (Å²) in [7, 11) is 0. The Hall–Kier alpha value is -0.0900. The molecule has 0 aliphatic heterocycles. The van der Waals surface area contributed by atoms with Crippen LogP contribution in [0, 0.1) is 5.41 Å². The van der Waals surface area contributed by atoms with Gasteiger partial charge in [-0.1, -0.05) is 29.8 Å². The maximum absolute atomic E-state index is 5.80. The standard InChI is InChI=1S/C12H17Br2NO/c1-3-12(4-2,8-13)9-16-11-5-10(14)6-15-7-11/h5-7H,3-4,8-9H2,1-2H3. The van der Waals surface area contributed by atoms with Crippen LogP contribution in [-0.2, 0) is 0 Å². The summed E-state index contributed by atoms with van der Waals surface area (Å²) in [5.74, 6) is 0.821. The van der Waals surface area contributed by atoms with Crippen molar-refractivity contribution < 1.29 is 4.74 Å². The van der Waals surface area contributed by atoms with E-state index in [4.69, 9.17) is 4.74 Å². The number of ether oxygens (including phenoxy) is 1. The number of rotatable bonds is 6. The second-order valence-electron chi connectivity index (χ2n) is 3.97. The van der Waals surface area contributed by atoms with Crippen LogP contribution in [0.25, 0.3) is 0 Å². The zero-order valence-electron chi connectivity index (χ0n) is 9.67. The van der Waals surface area contributed by atoms with E-state index in [2.05, 4.69) is 50.7 Å². The molecular weight excluding hydrogens is 334 g/mol. The van der Waals surface area contributed by atoms with Crippen LogP contribution in [0.1, 0.15) is 26.7 Å². The highest BCUT2D eigenvalue weighted by Gasteiger charge is 2.25. The summed E-state index contributed by atoms with van der Waals surface area (Å²) < 4.78 is 6.75. The maximum Gasteiger partial charge on any atom is 0.138 e. The summed E-state index contributed by atoms with van der Waals surface area (Å²) in [4.78, 5) is 4.08. The Morgan fingerprint density at radius 2 is 2.00 bits per heavy atom. The number of pyridine rings is 1. The Morgan fingerprint density at radius 1 is 1.31 bits per heavy atom. The number of hydrogen-bond acceptors (Lipinski definition) is 2. The molecule has 0 aliphatic carbocycles. The molecule has 0 amide bonds. The van der Waals surface area contributed by atoms with Crippen molar-refractivity contribution in [3.05, 3.63) is 22.9 Å². The van der Waals surface area contributed by atoms with Crippen LogP contribution in [0.4, 0.5) is 0 Å². The molecule has 0 aromatic carbocycles. The molecule has 1 heterocycles. The Labute approximate surface area is 114 Å². The van der Waals surface area contributed by atoms with Gasteiger partial charge in [0.25, 0.3) is 0 Å². The molecule has 1 aromatic rings. The average molecular weight is 351 g/mol. The van der Waals surface area contributed by atoms with Crippen LogP contribution in [0.2, 0.25) is 0 Å². The van der Waals surface area contributed by atoms with Crippen molar-refractivity contribution in [2.45, 2.75) is 26.7 Å². The van der Waals surface area contributed by atoms with Crippen LogP contribution in [-0.4, -0.2) is 16.9 Å². The fourth-order valence-corrected chi connectivity index (χ4v) is 2.69. The van der Waals surface area contributed by atoms with Gasteiger partial charge >= 0.3 is 0 Å². The highest BCUT2D eigenvalue weighted by atomic mass is 79.9. The number of halogens is 2. The van der Waals surface area contributed by atoms with Crippen LogP contribution in [0.3, 0.4) is 0 Å². The predicted octanol–water partition coefficient (Wildman–Crippen LogP) is 4.42. The quantitative estimate of drug-likeness (QED) is 0.708. The summed E-state index contributed by atoms with van der Waals surface area (Å²) in [6.45, 7) is 5.13. The number of nitrogens with zero attached hydrogens (tertiary/aromatic N) is 1. The third kappa shape index (κ3) is 3.74. The molecule has 0 radical (unpaired) electrons. The molecule has 0 saturated carbocycles. The lowest BCUT2D eigenvalue weighted by atomic mass is 9.86. The lowest BCUT2D eigenvalue weighted by Gasteiger charge is -2.29. The lowest BCUT2D eigenvalue weighted by molar-refractivity contribution is 0.157. The van der Waals surface area contributed by atoms with E-state index in [0.717, 1.165) is 35.0 Å². The number of alkyl halides is 1. The van der Waals surface area contributed by atoms with Gasteiger partial charge in [0.15, 0.2) is 0 Å². The van der Waals surface area contributed by atoms with Gasteiger partial charge in [0.2, 0.25) is 0 Å². The van der Waals surface area contributed by atoms with Crippen molar-refractivity contribution in [1.82, 2.24) is 4.98 Å². The van der Waals surface area contributed by atoms with E-state index in [9.17, 15) is 0 Å². The van der Waals surface area contributed by atoms with Gasteiger partial charge in [-0.05, 0) is 34.8 Å². The summed E-state index contributed by atoms with van der Waals surface area (Å²) in [5.41, 5.74) is 0.225. The van der Waals surface area contributed by atoms with Crippen molar-refractivity contribution in [2.24, 2.45) is 5.41 Å². The molecule has 0 bridgehead atoms. The Bertz CT molecular complexity index is 318. The van der Waals surface area contributed by atoms with Gasteiger partial charge in [0, 0.05) is 21.4 Å². The molecule has 0 atom stereocenters. The maximum atomic E-state index is 5.80. The van der Waals surface area contributed by atoms with E-state index in [1.165, 1.54) is 0 Å². The molecule has 0 aliphatic rings. The van der Waals surface area contributed by atoms with Gasteiger partial charge in [-0.3, -0.25) is 4.98 Å². The normalized spacial score (nSPS) is 11.5. The van der Waals surface area contributed by atoms with Gasteiger partial charge in [0.1, 0.15) is 5.75 Å². The van der Waals surface area contributed by atoms with Gasteiger partial charge < -0.3 is 4.74 Å². The van der Waals surface area contributed by atoms with Crippen LogP contribution < -0.4 is 4.74 Å². The molecule has 16 heavy (non-hydrogen) atoms. The van der Waals surface area contributed by atoms with E-state index in [-0.39, 0.29) is 5.41 Å². The van der Waals surface area contributed by atoms with Crippen molar-refractivity contribution in [2.75, 3.05) is 11.9 Å². The number of hydrogen-bond donors (Lipinski definition) is 0.